The first-order valence-electron chi connectivity index (χ1n) is 6.53. The summed E-state index contributed by atoms with van der Waals surface area (Å²) in [6, 6.07) is 12.9. The summed E-state index contributed by atoms with van der Waals surface area (Å²) >= 11 is 2.17. The molecule has 1 N–H and O–H groups in total. The Labute approximate surface area is 140 Å². The van der Waals surface area contributed by atoms with E-state index < -0.39 is 0 Å². The lowest BCUT2D eigenvalue weighted by atomic mass is 10.2. The van der Waals surface area contributed by atoms with Crippen LogP contribution in [0.3, 0.4) is 0 Å². The van der Waals surface area contributed by atoms with E-state index in [1.165, 1.54) is 0 Å². The minimum Gasteiger partial charge on any atom is -0.481 e. The summed E-state index contributed by atoms with van der Waals surface area (Å²) in [7, 11) is 0. The summed E-state index contributed by atoms with van der Waals surface area (Å²) in [5.74, 6) is 3.62. The number of halogens is 1. The maximum Gasteiger partial charge on any atom is 0.259 e. The molecule has 22 heavy (non-hydrogen) atoms. The number of ether oxygens (including phenoxy) is 1. The smallest absolute Gasteiger partial charge is 0.259 e. The van der Waals surface area contributed by atoms with Crippen LogP contribution in [0.4, 0.5) is 0 Å². The van der Waals surface area contributed by atoms with Crippen molar-refractivity contribution in [3.05, 3.63) is 56.4 Å². The lowest BCUT2D eigenvalue weighted by Gasteiger charge is -2.05. The van der Waals surface area contributed by atoms with E-state index in [-0.39, 0.29) is 12.2 Å². The molecule has 5 heteroatoms. The van der Waals surface area contributed by atoms with Gasteiger partial charge in [-0.1, -0.05) is 5.92 Å². The largest absolute Gasteiger partial charge is 0.481 e. The van der Waals surface area contributed by atoms with Crippen molar-refractivity contribution in [2.75, 3.05) is 6.61 Å². The first-order chi connectivity index (χ1) is 10.7. The van der Waals surface area contributed by atoms with Gasteiger partial charge in [-0.3, -0.25) is 4.79 Å². The number of hydrogen-bond acceptors (Lipinski definition) is 3. The van der Waals surface area contributed by atoms with Crippen LogP contribution in [0.5, 0.6) is 5.75 Å². The molecule has 1 heterocycles. The molecule has 0 saturated carbocycles. The van der Waals surface area contributed by atoms with Crippen LogP contribution in [0.25, 0.3) is 22.3 Å². The minimum absolute atomic E-state index is 0.147. The zero-order chi connectivity index (χ0) is 15.5. The zero-order valence-electron chi connectivity index (χ0n) is 11.5. The van der Waals surface area contributed by atoms with Gasteiger partial charge in [0.05, 0.1) is 10.9 Å². The van der Waals surface area contributed by atoms with Gasteiger partial charge in [-0.2, -0.15) is 0 Å². The van der Waals surface area contributed by atoms with Gasteiger partial charge < -0.3 is 9.72 Å². The Hall–Kier alpha value is -2.33. The summed E-state index contributed by atoms with van der Waals surface area (Å²) in [5.41, 5.74) is 1.34. The van der Waals surface area contributed by atoms with E-state index in [9.17, 15) is 4.79 Å². The van der Waals surface area contributed by atoms with Gasteiger partial charge in [0, 0.05) is 9.13 Å². The molecular formula is C17H11IN2O2. The number of aromatic amines is 1. The van der Waals surface area contributed by atoms with Gasteiger partial charge in [0.2, 0.25) is 0 Å². The molecule has 0 unspecified atom stereocenters. The van der Waals surface area contributed by atoms with Crippen LogP contribution in [-0.2, 0) is 0 Å². The molecule has 0 aliphatic carbocycles. The molecule has 0 bridgehead atoms. The molecule has 3 rings (SSSR count). The molecule has 1 aromatic heterocycles. The van der Waals surface area contributed by atoms with Crippen molar-refractivity contribution in [3.8, 4) is 29.5 Å². The summed E-state index contributed by atoms with van der Waals surface area (Å²) in [6.07, 6.45) is 5.15. The van der Waals surface area contributed by atoms with Crippen molar-refractivity contribution < 1.29 is 4.74 Å². The highest BCUT2D eigenvalue weighted by molar-refractivity contribution is 14.1. The van der Waals surface area contributed by atoms with E-state index in [4.69, 9.17) is 11.2 Å². The van der Waals surface area contributed by atoms with Crippen LogP contribution >= 0.6 is 22.6 Å². The first-order valence-corrected chi connectivity index (χ1v) is 7.61. The van der Waals surface area contributed by atoms with E-state index in [2.05, 4.69) is 38.5 Å². The van der Waals surface area contributed by atoms with Crippen LogP contribution in [-0.4, -0.2) is 16.6 Å². The molecule has 0 saturated heterocycles. The standard InChI is InChI=1S/C17H11IN2O2/c1-2-9-22-13-6-3-11(4-7-13)16-19-15-8-5-12(18)10-14(15)17(21)20-16/h1,3-8,10H,9H2,(H,19,20,21). The lowest BCUT2D eigenvalue weighted by molar-refractivity contribution is 0.370. The molecule has 4 nitrogen and oxygen atoms in total. The predicted octanol–water partition coefficient (Wildman–Crippen LogP) is 3.21. The number of aromatic nitrogens is 2. The van der Waals surface area contributed by atoms with Crippen molar-refractivity contribution in [1.82, 2.24) is 9.97 Å². The molecule has 0 radical (unpaired) electrons. The Morgan fingerprint density at radius 1 is 1.23 bits per heavy atom. The molecule has 0 aliphatic heterocycles. The number of nitrogens with one attached hydrogen (secondary N) is 1. The van der Waals surface area contributed by atoms with Crippen molar-refractivity contribution in [2.45, 2.75) is 0 Å². The van der Waals surface area contributed by atoms with Gasteiger partial charge in [0.25, 0.3) is 5.56 Å². The molecule has 0 aliphatic rings. The maximum atomic E-state index is 12.2. The first kappa shape index (κ1) is 14.6. The van der Waals surface area contributed by atoms with Gasteiger partial charge in [-0.15, -0.1) is 6.42 Å². The summed E-state index contributed by atoms with van der Waals surface area (Å²) < 4.78 is 6.32. The lowest BCUT2D eigenvalue weighted by Crippen LogP contribution is -2.09. The van der Waals surface area contributed by atoms with E-state index in [0.717, 1.165) is 9.13 Å². The second-order valence-electron chi connectivity index (χ2n) is 4.59. The van der Waals surface area contributed by atoms with E-state index in [1.54, 1.807) is 12.1 Å². The van der Waals surface area contributed by atoms with Gasteiger partial charge in [-0.05, 0) is 65.1 Å². The van der Waals surface area contributed by atoms with Crippen LogP contribution in [0.1, 0.15) is 0 Å². The number of terminal acetylenes is 1. The number of H-pyrrole nitrogens is 1. The van der Waals surface area contributed by atoms with Crippen molar-refractivity contribution in [1.29, 1.82) is 0 Å². The fourth-order valence-electron chi connectivity index (χ4n) is 2.08. The zero-order valence-corrected chi connectivity index (χ0v) is 13.6. The third-order valence-electron chi connectivity index (χ3n) is 3.12. The van der Waals surface area contributed by atoms with Crippen molar-refractivity contribution >= 4 is 33.5 Å². The maximum absolute atomic E-state index is 12.2. The second-order valence-corrected chi connectivity index (χ2v) is 5.84. The van der Waals surface area contributed by atoms with Crippen LogP contribution in [0.2, 0.25) is 0 Å². The number of nitrogens with zero attached hydrogens (tertiary/aromatic N) is 1. The molecular weight excluding hydrogens is 391 g/mol. The Morgan fingerprint density at radius 3 is 2.73 bits per heavy atom. The SMILES string of the molecule is C#CCOc1ccc(-c2nc3ccc(I)cc3c(=O)[nH]2)cc1. The third-order valence-corrected chi connectivity index (χ3v) is 3.79. The van der Waals surface area contributed by atoms with Gasteiger partial charge in [0.15, 0.2) is 0 Å². The summed E-state index contributed by atoms with van der Waals surface area (Å²) in [4.78, 5) is 19.5. The molecule has 108 valence electrons. The number of rotatable bonds is 3. The second kappa shape index (κ2) is 6.20. The Balaban J connectivity index is 2.01. The Morgan fingerprint density at radius 2 is 2.00 bits per heavy atom. The molecule has 0 fully saturated rings. The Bertz CT molecular complexity index is 924. The quantitative estimate of drug-likeness (QED) is 0.541. The topological polar surface area (TPSA) is 55.0 Å². The highest BCUT2D eigenvalue weighted by atomic mass is 127. The number of fused-ring (bicyclic) bond motifs is 1. The fraction of sp³-hybridized carbons (Fsp3) is 0.0588. The number of benzene rings is 2. The van der Waals surface area contributed by atoms with E-state index >= 15 is 0 Å². The summed E-state index contributed by atoms with van der Waals surface area (Å²) in [5, 5.41) is 0.588. The average molecular weight is 402 g/mol. The third kappa shape index (κ3) is 2.97. The molecule has 2 aromatic carbocycles. The van der Waals surface area contributed by atoms with Gasteiger partial charge in [-0.25, -0.2) is 4.98 Å². The Kier molecular flexibility index (Phi) is 4.11. The molecule has 0 amide bonds. The highest BCUT2D eigenvalue weighted by Crippen LogP contribution is 2.20. The van der Waals surface area contributed by atoms with E-state index in [1.807, 2.05) is 30.3 Å². The minimum atomic E-state index is -0.147. The van der Waals surface area contributed by atoms with Crippen LogP contribution in [0, 0.1) is 15.9 Å². The van der Waals surface area contributed by atoms with Crippen molar-refractivity contribution in [2.24, 2.45) is 0 Å². The van der Waals surface area contributed by atoms with Gasteiger partial charge >= 0.3 is 0 Å². The average Bonchev–Trinajstić information content (AvgIpc) is 2.54. The molecule has 3 aromatic rings. The van der Waals surface area contributed by atoms with Crippen molar-refractivity contribution in [3.63, 3.8) is 0 Å². The highest BCUT2D eigenvalue weighted by Gasteiger charge is 2.06. The van der Waals surface area contributed by atoms with Crippen LogP contribution in [0.15, 0.2) is 47.3 Å². The normalized spacial score (nSPS) is 10.4. The van der Waals surface area contributed by atoms with E-state index in [0.29, 0.717) is 22.5 Å². The monoisotopic (exact) mass is 402 g/mol. The molecule has 0 atom stereocenters. The fourth-order valence-corrected chi connectivity index (χ4v) is 2.57. The molecule has 0 spiro atoms. The predicted molar refractivity (Wildman–Crippen MR) is 94.8 cm³/mol. The summed E-state index contributed by atoms with van der Waals surface area (Å²) in [6.45, 7) is 0.225. The van der Waals surface area contributed by atoms with Gasteiger partial charge in [0.1, 0.15) is 18.2 Å². The van der Waals surface area contributed by atoms with Crippen LogP contribution < -0.4 is 10.3 Å². The number of hydrogen-bond donors (Lipinski definition) is 1.